The molecule has 1 amide bonds. The van der Waals surface area contributed by atoms with Gasteiger partial charge in [0.1, 0.15) is 5.75 Å². The van der Waals surface area contributed by atoms with E-state index in [1.165, 1.54) is 18.0 Å². The Morgan fingerprint density at radius 1 is 1.42 bits per heavy atom. The van der Waals surface area contributed by atoms with Crippen molar-refractivity contribution < 1.29 is 9.90 Å². The molecule has 0 radical (unpaired) electrons. The summed E-state index contributed by atoms with van der Waals surface area (Å²) in [5.41, 5.74) is 3.00. The van der Waals surface area contributed by atoms with E-state index in [-0.39, 0.29) is 22.9 Å². The van der Waals surface area contributed by atoms with E-state index in [1.807, 2.05) is 20.8 Å². The van der Waals surface area contributed by atoms with Crippen LogP contribution in [0.25, 0.3) is 0 Å². The lowest BCUT2D eigenvalue weighted by molar-refractivity contribution is -0.119. The lowest BCUT2D eigenvalue weighted by Gasteiger charge is -2.19. The van der Waals surface area contributed by atoms with Gasteiger partial charge in [-0.1, -0.05) is 23.9 Å². The Kier molecular flexibility index (Phi) is 5.80. The van der Waals surface area contributed by atoms with Crippen LogP contribution in [0.1, 0.15) is 26.3 Å². The number of carbonyl (C=O) groups excluding carboxylic acids is 1. The van der Waals surface area contributed by atoms with Crippen molar-refractivity contribution in [3.63, 3.8) is 0 Å². The second-order valence-electron chi connectivity index (χ2n) is 5.98. The van der Waals surface area contributed by atoms with Crippen molar-refractivity contribution in [2.45, 2.75) is 31.5 Å². The number of thioether (sulfide) groups is 1. The van der Waals surface area contributed by atoms with E-state index in [4.69, 9.17) is 0 Å². The first-order valence-corrected chi connectivity index (χ1v) is 8.25. The number of phenols is 1. The molecule has 0 aliphatic rings. The Morgan fingerprint density at radius 2 is 2.17 bits per heavy atom. The van der Waals surface area contributed by atoms with Gasteiger partial charge in [-0.25, -0.2) is 10.5 Å². The molecule has 0 saturated carbocycles. The highest BCUT2D eigenvalue weighted by molar-refractivity contribution is 7.99. The van der Waals surface area contributed by atoms with Crippen molar-refractivity contribution in [3.8, 4) is 5.75 Å². The van der Waals surface area contributed by atoms with Gasteiger partial charge in [0.05, 0.1) is 12.0 Å². The third-order valence-corrected chi connectivity index (χ3v) is 3.47. The third kappa shape index (κ3) is 5.92. The maximum atomic E-state index is 11.7. The second kappa shape index (κ2) is 7.82. The van der Waals surface area contributed by atoms with Crippen LogP contribution < -0.4 is 10.7 Å². The monoisotopic (exact) mass is 348 g/mol. The molecule has 0 bridgehead atoms. The van der Waals surface area contributed by atoms with Crippen LogP contribution in [0, 0.1) is 0 Å². The minimum Gasteiger partial charge on any atom is -0.507 e. The fraction of sp³-hybridized carbons (Fsp3) is 0.333. The highest BCUT2D eigenvalue weighted by Crippen LogP contribution is 2.15. The molecule has 0 spiro atoms. The van der Waals surface area contributed by atoms with Gasteiger partial charge < -0.3 is 10.4 Å². The van der Waals surface area contributed by atoms with Gasteiger partial charge >= 0.3 is 0 Å². The Balaban J connectivity index is 1.83. The number of rotatable bonds is 6. The van der Waals surface area contributed by atoms with Crippen LogP contribution in [0.15, 0.2) is 34.5 Å². The van der Waals surface area contributed by atoms with Gasteiger partial charge in [0.25, 0.3) is 0 Å². The second-order valence-corrected chi connectivity index (χ2v) is 6.92. The number of hydrazone groups is 1. The molecule has 1 heterocycles. The quantitative estimate of drug-likeness (QED) is 0.360. The number of phenolic OH excluding ortho intramolecular Hbond substituents is 1. The molecule has 0 saturated heterocycles. The first-order chi connectivity index (χ1) is 11.3. The normalized spacial score (nSPS) is 11.6. The fourth-order valence-corrected chi connectivity index (χ4v) is 2.30. The van der Waals surface area contributed by atoms with Crippen LogP contribution in [0.5, 0.6) is 5.75 Å². The van der Waals surface area contributed by atoms with Crippen molar-refractivity contribution in [2.24, 2.45) is 5.10 Å². The van der Waals surface area contributed by atoms with Gasteiger partial charge in [-0.2, -0.15) is 10.1 Å². The summed E-state index contributed by atoms with van der Waals surface area (Å²) >= 11 is 1.22. The van der Waals surface area contributed by atoms with E-state index in [2.05, 4.69) is 31.0 Å². The Bertz CT molecular complexity index is 723. The van der Waals surface area contributed by atoms with Crippen LogP contribution >= 0.6 is 11.8 Å². The molecule has 0 aliphatic carbocycles. The van der Waals surface area contributed by atoms with Crippen molar-refractivity contribution >= 4 is 29.8 Å². The van der Waals surface area contributed by atoms with Crippen molar-refractivity contribution in [3.05, 3.63) is 29.8 Å². The molecule has 0 fully saturated rings. The third-order valence-electron chi connectivity index (χ3n) is 2.62. The maximum absolute atomic E-state index is 11.7. The zero-order valence-electron chi connectivity index (χ0n) is 13.7. The van der Waals surface area contributed by atoms with Crippen molar-refractivity contribution in [1.82, 2.24) is 20.5 Å². The minimum atomic E-state index is -0.263. The zero-order valence-corrected chi connectivity index (χ0v) is 14.5. The summed E-state index contributed by atoms with van der Waals surface area (Å²) in [7, 11) is 0. The fourth-order valence-electron chi connectivity index (χ4n) is 1.71. The molecule has 1 aromatic carbocycles. The molecular formula is C15H20N6O2S. The first-order valence-electron chi connectivity index (χ1n) is 7.27. The predicted molar refractivity (Wildman–Crippen MR) is 94.3 cm³/mol. The molecule has 2 rings (SSSR count). The number of aromatic hydroxyl groups is 1. The first kappa shape index (κ1) is 17.8. The molecule has 2 aromatic rings. The summed E-state index contributed by atoms with van der Waals surface area (Å²) in [6.07, 6.45) is 1.47. The zero-order chi connectivity index (χ0) is 17.6. The van der Waals surface area contributed by atoms with E-state index in [9.17, 15) is 9.90 Å². The van der Waals surface area contributed by atoms with Crippen LogP contribution in [0.3, 0.4) is 0 Å². The number of aromatic amines is 1. The Hall–Kier alpha value is -2.55. The number of nitrogens with one attached hydrogen (secondary N) is 3. The number of para-hydroxylation sites is 1. The van der Waals surface area contributed by atoms with Crippen LogP contribution in [-0.2, 0) is 4.79 Å². The molecule has 0 atom stereocenters. The lowest BCUT2D eigenvalue weighted by Crippen LogP contribution is -2.41. The van der Waals surface area contributed by atoms with Gasteiger partial charge in [-0.15, -0.1) is 5.10 Å². The Morgan fingerprint density at radius 3 is 2.88 bits per heavy atom. The van der Waals surface area contributed by atoms with Gasteiger partial charge in [0.15, 0.2) is 0 Å². The number of hydrogen-bond donors (Lipinski definition) is 4. The lowest BCUT2D eigenvalue weighted by atomic mass is 10.1. The summed E-state index contributed by atoms with van der Waals surface area (Å²) in [4.78, 5) is 15.9. The average Bonchev–Trinajstić information content (AvgIpc) is 2.93. The SMILES string of the molecule is CC(C)(C)NC(=O)CSc1n[nH]c(N/N=C/c2ccccc2O)n1. The molecule has 0 unspecified atom stereocenters. The van der Waals surface area contributed by atoms with Crippen molar-refractivity contribution in [2.75, 3.05) is 11.2 Å². The standard InChI is InChI=1S/C15H20N6O2S/c1-15(2,3)18-12(23)9-24-14-17-13(20-21-14)19-16-8-10-6-4-5-7-11(10)22/h4-8,22H,9H2,1-3H3,(H,18,23)(H2,17,19,20,21)/b16-8+. The van der Waals surface area contributed by atoms with E-state index in [0.29, 0.717) is 16.7 Å². The number of benzene rings is 1. The van der Waals surface area contributed by atoms with Crippen molar-refractivity contribution in [1.29, 1.82) is 0 Å². The topological polar surface area (TPSA) is 115 Å². The van der Waals surface area contributed by atoms with Gasteiger partial charge in [0, 0.05) is 11.1 Å². The largest absolute Gasteiger partial charge is 0.507 e. The minimum absolute atomic E-state index is 0.0793. The molecule has 8 nitrogen and oxygen atoms in total. The summed E-state index contributed by atoms with van der Waals surface area (Å²) in [5, 5.41) is 23.6. The molecule has 24 heavy (non-hydrogen) atoms. The molecule has 1 aromatic heterocycles. The summed E-state index contributed by atoms with van der Waals surface area (Å²) < 4.78 is 0. The van der Waals surface area contributed by atoms with Crippen LogP contribution in [-0.4, -0.2) is 43.7 Å². The van der Waals surface area contributed by atoms with Crippen LogP contribution in [0.4, 0.5) is 5.95 Å². The number of H-pyrrole nitrogens is 1. The Labute approximate surface area is 144 Å². The molecule has 9 heteroatoms. The highest BCUT2D eigenvalue weighted by atomic mass is 32.2. The van der Waals surface area contributed by atoms with Gasteiger partial charge in [0.2, 0.25) is 17.0 Å². The number of hydrogen-bond acceptors (Lipinski definition) is 7. The predicted octanol–water partition coefficient (Wildman–Crippen LogP) is 1.96. The summed E-state index contributed by atoms with van der Waals surface area (Å²) in [6, 6.07) is 6.84. The number of nitrogens with zero attached hydrogens (tertiary/aromatic N) is 3. The maximum Gasteiger partial charge on any atom is 0.240 e. The molecule has 0 aliphatic heterocycles. The van der Waals surface area contributed by atoms with Gasteiger partial charge in [-0.05, 0) is 32.9 Å². The van der Waals surface area contributed by atoms with E-state index < -0.39 is 0 Å². The van der Waals surface area contributed by atoms with Gasteiger partial charge in [-0.3, -0.25) is 4.79 Å². The number of carbonyl (C=O) groups is 1. The summed E-state index contributed by atoms with van der Waals surface area (Å²) in [6.45, 7) is 5.77. The molecule has 128 valence electrons. The number of aromatic nitrogens is 3. The molecule has 4 N–H and O–H groups in total. The van der Waals surface area contributed by atoms with E-state index >= 15 is 0 Å². The smallest absolute Gasteiger partial charge is 0.240 e. The van der Waals surface area contributed by atoms with Crippen LogP contribution in [0.2, 0.25) is 0 Å². The average molecular weight is 348 g/mol. The molecular weight excluding hydrogens is 328 g/mol. The van der Waals surface area contributed by atoms with E-state index in [0.717, 1.165) is 0 Å². The number of amides is 1. The van der Waals surface area contributed by atoms with E-state index in [1.54, 1.807) is 24.3 Å². The highest BCUT2D eigenvalue weighted by Gasteiger charge is 2.14. The summed E-state index contributed by atoms with van der Waals surface area (Å²) in [5.74, 6) is 0.641. The number of anilines is 1.